The second-order valence-electron chi connectivity index (χ2n) is 4.27. The number of carbonyl (C=O) groups excluding carboxylic acids is 1. The molecule has 6 heteroatoms. The number of hydrogen-bond acceptors (Lipinski definition) is 3. The number of carbonyl (C=O) groups is 1. The molecule has 0 bridgehead atoms. The van der Waals surface area contributed by atoms with Crippen LogP contribution in [0.2, 0.25) is 0 Å². The monoisotopic (exact) mass is 264 g/mol. The number of likely N-dealkylation sites (N-methyl/N-ethyl adjacent to an activating group) is 1. The molecule has 4 N–H and O–H groups in total. The van der Waals surface area contributed by atoms with Crippen LogP contribution in [-0.2, 0) is 11.3 Å². The molecule has 1 aromatic carbocycles. The lowest BCUT2D eigenvalue weighted by atomic mass is 10.1. The molecule has 1 amide bonds. The molecule has 1 aromatic rings. The molecule has 0 spiro atoms. The molecule has 0 aliphatic carbocycles. The van der Waals surface area contributed by atoms with Gasteiger partial charge in [-0.25, -0.2) is 0 Å². The Labute approximate surface area is 113 Å². The van der Waals surface area contributed by atoms with Crippen LogP contribution in [0.25, 0.3) is 0 Å². The first-order valence-electron chi connectivity index (χ1n) is 5.93. The lowest BCUT2D eigenvalue weighted by Crippen LogP contribution is -2.24. The highest BCUT2D eigenvalue weighted by Gasteiger charge is 2.05. The van der Waals surface area contributed by atoms with Crippen LogP contribution in [0.4, 0.5) is 0 Å². The van der Waals surface area contributed by atoms with Gasteiger partial charge in [0.05, 0.1) is 6.61 Å². The maximum absolute atomic E-state index is 11.6. The Morgan fingerprint density at radius 2 is 1.95 bits per heavy atom. The molecule has 0 aliphatic rings. The van der Waals surface area contributed by atoms with E-state index in [1.54, 1.807) is 19.2 Å². The molecular formula is C13H20N4O2. The van der Waals surface area contributed by atoms with Gasteiger partial charge in [-0.1, -0.05) is 12.1 Å². The molecular weight excluding hydrogens is 244 g/mol. The van der Waals surface area contributed by atoms with Crippen molar-refractivity contribution in [1.82, 2.24) is 4.90 Å². The first kappa shape index (κ1) is 15.1. The molecule has 0 heterocycles. The topological polar surface area (TPSA) is 93.9 Å². The van der Waals surface area contributed by atoms with Crippen LogP contribution in [0.3, 0.4) is 0 Å². The summed E-state index contributed by atoms with van der Waals surface area (Å²) in [7, 11) is 3.69. The standard InChI is InChI=1S/C13H20N4O2/c1-17(7-8-19-2)9-10-3-5-11(6-4-10)12(18)16-13(14)15/h3-6H,7-9H2,1-2H3,(H4,14,15,16,18). The first-order valence-corrected chi connectivity index (χ1v) is 5.93. The molecule has 0 aliphatic heterocycles. The maximum Gasteiger partial charge on any atom is 0.280 e. The number of amides is 1. The predicted octanol–water partition coefficient (Wildman–Crippen LogP) is 0.178. The first-order chi connectivity index (χ1) is 9.02. The van der Waals surface area contributed by atoms with E-state index in [0.717, 1.165) is 18.7 Å². The fourth-order valence-electron chi connectivity index (χ4n) is 1.57. The number of guanidine groups is 1. The van der Waals surface area contributed by atoms with Crippen molar-refractivity contribution in [2.75, 3.05) is 27.3 Å². The van der Waals surface area contributed by atoms with Crippen molar-refractivity contribution in [2.45, 2.75) is 6.54 Å². The molecule has 0 saturated carbocycles. The van der Waals surface area contributed by atoms with Crippen molar-refractivity contribution in [2.24, 2.45) is 16.5 Å². The van der Waals surface area contributed by atoms with E-state index in [0.29, 0.717) is 12.2 Å². The normalized spacial score (nSPS) is 10.5. The molecule has 0 aromatic heterocycles. The molecule has 1 rings (SSSR count). The van der Waals surface area contributed by atoms with Crippen molar-refractivity contribution in [3.05, 3.63) is 35.4 Å². The zero-order valence-corrected chi connectivity index (χ0v) is 11.3. The lowest BCUT2D eigenvalue weighted by molar-refractivity contribution is 0.100. The Kier molecular flexibility index (Phi) is 5.98. The lowest BCUT2D eigenvalue weighted by Gasteiger charge is -2.15. The highest BCUT2D eigenvalue weighted by molar-refractivity contribution is 6.01. The number of hydrogen-bond donors (Lipinski definition) is 2. The van der Waals surface area contributed by atoms with Crippen LogP contribution in [0.15, 0.2) is 29.3 Å². The smallest absolute Gasteiger partial charge is 0.280 e. The molecule has 0 saturated heterocycles. The second kappa shape index (κ2) is 7.50. The number of ether oxygens (including phenoxy) is 1. The number of rotatable bonds is 6. The van der Waals surface area contributed by atoms with Gasteiger partial charge in [0.25, 0.3) is 5.91 Å². The Bertz CT molecular complexity index is 438. The largest absolute Gasteiger partial charge is 0.383 e. The van der Waals surface area contributed by atoms with E-state index in [4.69, 9.17) is 16.2 Å². The fourth-order valence-corrected chi connectivity index (χ4v) is 1.57. The van der Waals surface area contributed by atoms with Gasteiger partial charge in [0.1, 0.15) is 0 Å². The van der Waals surface area contributed by atoms with E-state index < -0.39 is 5.91 Å². The van der Waals surface area contributed by atoms with Crippen molar-refractivity contribution >= 4 is 11.9 Å². The predicted molar refractivity (Wildman–Crippen MR) is 74.8 cm³/mol. The molecule has 0 radical (unpaired) electrons. The third-order valence-electron chi connectivity index (χ3n) is 2.56. The van der Waals surface area contributed by atoms with E-state index in [2.05, 4.69) is 9.89 Å². The number of nitrogens with two attached hydrogens (primary N) is 2. The number of nitrogens with zero attached hydrogens (tertiary/aromatic N) is 2. The summed E-state index contributed by atoms with van der Waals surface area (Å²) < 4.78 is 5.01. The summed E-state index contributed by atoms with van der Waals surface area (Å²) in [5, 5.41) is 0. The molecule has 6 nitrogen and oxygen atoms in total. The van der Waals surface area contributed by atoms with E-state index >= 15 is 0 Å². The van der Waals surface area contributed by atoms with Gasteiger partial charge in [0.15, 0.2) is 5.96 Å². The van der Waals surface area contributed by atoms with Crippen LogP contribution in [0, 0.1) is 0 Å². The summed E-state index contributed by atoms with van der Waals surface area (Å²) in [5.74, 6) is -0.660. The Morgan fingerprint density at radius 3 is 2.47 bits per heavy atom. The highest BCUT2D eigenvalue weighted by atomic mass is 16.5. The van der Waals surface area contributed by atoms with E-state index in [1.807, 2.05) is 19.2 Å². The molecule has 0 fully saturated rings. The maximum atomic E-state index is 11.6. The summed E-state index contributed by atoms with van der Waals surface area (Å²) >= 11 is 0. The molecule has 104 valence electrons. The quantitative estimate of drug-likeness (QED) is 0.564. The van der Waals surface area contributed by atoms with Crippen LogP contribution in [0.1, 0.15) is 15.9 Å². The van der Waals surface area contributed by atoms with Crippen LogP contribution in [0.5, 0.6) is 0 Å². The van der Waals surface area contributed by atoms with Gasteiger partial charge in [-0.05, 0) is 24.7 Å². The summed E-state index contributed by atoms with van der Waals surface area (Å²) in [5.41, 5.74) is 11.9. The third kappa shape index (κ3) is 5.50. The summed E-state index contributed by atoms with van der Waals surface area (Å²) in [4.78, 5) is 17.2. The van der Waals surface area contributed by atoms with Gasteiger partial charge >= 0.3 is 0 Å². The SMILES string of the molecule is COCCN(C)Cc1ccc(C(=O)N=C(N)N)cc1. The molecule has 0 unspecified atom stereocenters. The summed E-state index contributed by atoms with van der Waals surface area (Å²) in [6, 6.07) is 7.21. The van der Waals surface area contributed by atoms with E-state index in [-0.39, 0.29) is 5.96 Å². The van der Waals surface area contributed by atoms with Gasteiger partial charge in [-0.2, -0.15) is 4.99 Å². The number of aliphatic imine (C=N–C) groups is 1. The van der Waals surface area contributed by atoms with Crippen LogP contribution < -0.4 is 11.5 Å². The highest BCUT2D eigenvalue weighted by Crippen LogP contribution is 2.08. The van der Waals surface area contributed by atoms with E-state index in [9.17, 15) is 4.79 Å². The van der Waals surface area contributed by atoms with Crippen molar-refractivity contribution < 1.29 is 9.53 Å². The minimum atomic E-state index is -0.431. The number of methoxy groups -OCH3 is 1. The zero-order valence-electron chi connectivity index (χ0n) is 11.3. The molecule has 19 heavy (non-hydrogen) atoms. The van der Waals surface area contributed by atoms with Gasteiger partial charge < -0.3 is 16.2 Å². The fraction of sp³-hybridized carbons (Fsp3) is 0.385. The third-order valence-corrected chi connectivity index (χ3v) is 2.56. The van der Waals surface area contributed by atoms with Crippen molar-refractivity contribution in [3.8, 4) is 0 Å². The van der Waals surface area contributed by atoms with Gasteiger partial charge in [0, 0.05) is 25.8 Å². The molecule has 0 atom stereocenters. The van der Waals surface area contributed by atoms with Gasteiger partial charge in [-0.15, -0.1) is 0 Å². The number of benzene rings is 1. The Morgan fingerprint density at radius 1 is 1.32 bits per heavy atom. The summed E-state index contributed by atoms with van der Waals surface area (Å²) in [6.45, 7) is 2.34. The Balaban J connectivity index is 2.61. The van der Waals surface area contributed by atoms with Gasteiger partial charge in [-0.3, -0.25) is 9.69 Å². The van der Waals surface area contributed by atoms with Crippen LogP contribution >= 0.6 is 0 Å². The van der Waals surface area contributed by atoms with Crippen molar-refractivity contribution in [3.63, 3.8) is 0 Å². The van der Waals surface area contributed by atoms with Crippen molar-refractivity contribution in [1.29, 1.82) is 0 Å². The minimum Gasteiger partial charge on any atom is -0.383 e. The second-order valence-corrected chi connectivity index (χ2v) is 4.27. The van der Waals surface area contributed by atoms with E-state index in [1.165, 1.54) is 0 Å². The minimum absolute atomic E-state index is 0.228. The average molecular weight is 264 g/mol. The van der Waals surface area contributed by atoms with Gasteiger partial charge in [0.2, 0.25) is 0 Å². The Hall–Kier alpha value is -1.92. The zero-order chi connectivity index (χ0) is 14.3. The summed E-state index contributed by atoms with van der Waals surface area (Å²) in [6.07, 6.45) is 0. The average Bonchev–Trinajstić information content (AvgIpc) is 2.36. The van der Waals surface area contributed by atoms with Crippen LogP contribution in [-0.4, -0.2) is 44.1 Å².